The van der Waals surface area contributed by atoms with Gasteiger partial charge < -0.3 is 75.5 Å². The predicted octanol–water partition coefficient (Wildman–Crippen LogP) is -0.768. The van der Waals surface area contributed by atoms with Crippen molar-refractivity contribution in [2.45, 2.75) is 106 Å². The molecule has 1 aliphatic rings. The summed E-state index contributed by atoms with van der Waals surface area (Å²) >= 11 is 6.07. The Balaban J connectivity index is 1.57. The van der Waals surface area contributed by atoms with Crippen LogP contribution >= 0.6 is 33.2 Å². The summed E-state index contributed by atoms with van der Waals surface area (Å²) in [6.07, 6.45) is -1.57. The van der Waals surface area contributed by atoms with Gasteiger partial charge in [0.15, 0.2) is 0 Å². The molecule has 18 N–H and O–H groups in total. The maximum absolute atomic E-state index is 14.7. The number of aromatic hydroxyl groups is 2. The lowest BCUT2D eigenvalue weighted by molar-refractivity contribution is -0.136. The van der Waals surface area contributed by atoms with Crippen LogP contribution in [0.3, 0.4) is 0 Å². The number of aliphatic hydroxyl groups is 1. The topological polar surface area (TPSA) is 403 Å². The Bertz CT molecular complexity index is 2760. The Kier molecular flexibility index (Phi) is 24.2. The highest BCUT2D eigenvalue weighted by atomic mass is 35.5. The Morgan fingerprint density at radius 2 is 1.14 bits per heavy atom. The number of amides is 9. The molecule has 0 bridgehead atoms. The summed E-state index contributed by atoms with van der Waals surface area (Å²) in [5.41, 5.74) is 25.5. The molecule has 9 amide bonds. The summed E-state index contributed by atoms with van der Waals surface area (Å²) in [6.45, 7) is 1.41. The van der Waals surface area contributed by atoms with Gasteiger partial charge in [0.05, 0.1) is 12.1 Å². The first-order valence-corrected chi connectivity index (χ1v) is 28.0. The summed E-state index contributed by atoms with van der Waals surface area (Å²) in [6, 6.07) is 12.2. The molecule has 1 saturated heterocycles. The molecule has 5 rings (SSSR count). The fourth-order valence-electron chi connectivity index (χ4n) is 8.03. The zero-order valence-corrected chi connectivity index (χ0v) is 45.4. The first-order valence-electron chi connectivity index (χ1n) is 25.1. The van der Waals surface area contributed by atoms with Crippen LogP contribution in [0.25, 0.3) is 0 Å². The number of hydrogen-bond acceptors (Lipinski definition) is 16. The highest BCUT2D eigenvalue weighted by Gasteiger charge is 2.36. The lowest BCUT2D eigenvalue weighted by Crippen LogP contribution is -2.62. The lowest BCUT2D eigenvalue weighted by Gasteiger charge is -2.29. The van der Waals surface area contributed by atoms with Gasteiger partial charge in [-0.15, -0.1) is 0 Å². The molecular weight excluding hydrogens is 1080 g/mol. The lowest BCUT2D eigenvalue weighted by atomic mass is 10.00. The van der Waals surface area contributed by atoms with Crippen LogP contribution < -0.4 is 60.2 Å². The molecule has 79 heavy (non-hydrogen) atoms. The number of primary amides is 2. The van der Waals surface area contributed by atoms with Gasteiger partial charge >= 0.3 is 0 Å². The number of hydrogen-bond donors (Lipinski definition) is 14. The molecule has 4 aromatic rings. The highest BCUT2D eigenvalue weighted by Crippen LogP contribution is 2.24. The summed E-state index contributed by atoms with van der Waals surface area (Å²) < 4.78 is 0. The quantitative estimate of drug-likeness (QED) is 0.0405. The molecule has 9 atom stereocenters. The molecule has 23 nitrogen and oxygen atoms in total. The molecule has 1 fully saturated rings. The standard InChI is InChI=1S/C53H66ClN11O12S2/c1-28(66)44-53(77)64-43(51(75)60-39(46(58)70)23-31-9-17-35(67)18-10-31)27-79-78-26-42(63-47(71)37(56)22-29-7-15-34(54)16-8-29)52(76)62-41(25-32-11-19-36(68)20-12-32)50(74)61-40(24-30-5-13-33(14-6-30)45(57)69)49(73)59-38(48(72)65-44)4-2-3-21-55/h5-20,28,37-44,66-68H,2-4,21-27,55-56H2,1H3,(H2,57,69)(H2,58,70)(H,59,73)(H,60,75)(H,61,74)(H,62,76)(H,63,71)(H,64,77)(H,65,72)/t28-,37+,38+,39?,40-,41+,42+,43+,44+/m1/s1. The van der Waals surface area contributed by atoms with Crippen molar-refractivity contribution in [3.8, 4) is 11.5 Å². The number of carbonyl (C=O) groups is 9. The second-order valence-corrected chi connectivity index (χ2v) is 21.8. The average molecular weight is 1150 g/mol. The van der Waals surface area contributed by atoms with Crippen molar-refractivity contribution in [3.05, 3.63) is 130 Å². The number of aliphatic hydroxyl groups excluding tert-OH is 1. The van der Waals surface area contributed by atoms with Crippen molar-refractivity contribution in [2.75, 3.05) is 18.1 Å². The smallest absolute Gasteiger partial charge is 0.248 e. The van der Waals surface area contributed by atoms with Gasteiger partial charge in [-0.3, -0.25) is 43.2 Å². The monoisotopic (exact) mass is 1150 g/mol. The van der Waals surface area contributed by atoms with Gasteiger partial charge in [0.1, 0.15) is 53.8 Å². The first-order chi connectivity index (χ1) is 37.6. The SMILES string of the molecule is C[C@@H](O)[C@@H]1NC(=O)[C@H](CCCCN)NC(=O)[C@@H](Cc2ccc(C(N)=O)cc2)NC(=O)[C@H](Cc2ccc(O)cc2)NC(=O)[C@@H](NC(=O)[C@@H](N)Cc2ccc(Cl)cc2)CSSC[C@@H](C(=O)NC(Cc2ccc(O)cc2)C(N)=O)NC1=O. The number of halogens is 1. The largest absolute Gasteiger partial charge is 0.508 e. The van der Waals surface area contributed by atoms with E-state index in [0.29, 0.717) is 33.7 Å². The van der Waals surface area contributed by atoms with Crippen LogP contribution in [0.1, 0.15) is 58.8 Å². The summed E-state index contributed by atoms with van der Waals surface area (Å²) in [7, 11) is 1.90. The van der Waals surface area contributed by atoms with Gasteiger partial charge in [-0.25, -0.2) is 0 Å². The van der Waals surface area contributed by atoms with E-state index in [-0.39, 0.29) is 73.6 Å². The second kappa shape index (κ2) is 30.7. The van der Waals surface area contributed by atoms with Crippen molar-refractivity contribution in [3.63, 3.8) is 0 Å². The Hall–Kier alpha value is -7.42. The van der Waals surface area contributed by atoms with Crippen molar-refractivity contribution in [2.24, 2.45) is 22.9 Å². The van der Waals surface area contributed by atoms with E-state index in [9.17, 15) is 58.5 Å². The van der Waals surface area contributed by atoms with Crippen molar-refractivity contribution >= 4 is 86.4 Å². The molecule has 1 unspecified atom stereocenters. The van der Waals surface area contributed by atoms with Gasteiger partial charge in [-0.05, 0) is 110 Å². The zero-order chi connectivity index (χ0) is 57.8. The van der Waals surface area contributed by atoms with E-state index in [1.54, 1.807) is 24.3 Å². The van der Waals surface area contributed by atoms with Crippen molar-refractivity contribution < 1.29 is 58.5 Å². The molecule has 0 saturated carbocycles. The third-order valence-corrected chi connectivity index (χ3v) is 15.2. The fraction of sp³-hybridized carbons (Fsp3) is 0.377. The number of rotatable bonds is 19. The van der Waals surface area contributed by atoms with E-state index < -0.39 is 108 Å². The summed E-state index contributed by atoms with van der Waals surface area (Å²) in [5.74, 6) is -8.79. The van der Waals surface area contributed by atoms with E-state index in [1.165, 1.54) is 79.7 Å². The van der Waals surface area contributed by atoms with E-state index in [1.807, 2.05) is 0 Å². The number of benzene rings is 4. The Morgan fingerprint density at radius 3 is 1.68 bits per heavy atom. The molecule has 1 aliphatic heterocycles. The van der Waals surface area contributed by atoms with Crippen LogP contribution in [0, 0.1) is 0 Å². The number of phenolic OH excluding ortho intramolecular Hbond substituents is 2. The maximum Gasteiger partial charge on any atom is 0.248 e. The number of unbranched alkanes of at least 4 members (excludes halogenated alkanes) is 1. The molecule has 0 aliphatic carbocycles. The number of phenols is 2. The van der Waals surface area contributed by atoms with Crippen LogP contribution in [0.5, 0.6) is 11.5 Å². The highest BCUT2D eigenvalue weighted by molar-refractivity contribution is 8.76. The number of nitrogens with two attached hydrogens (primary N) is 4. The molecule has 4 aromatic carbocycles. The zero-order valence-electron chi connectivity index (χ0n) is 43.0. The molecule has 0 spiro atoms. The summed E-state index contributed by atoms with van der Waals surface area (Å²) in [4.78, 5) is 125. The van der Waals surface area contributed by atoms with Gasteiger partial charge in [0.25, 0.3) is 0 Å². The van der Waals surface area contributed by atoms with E-state index >= 15 is 0 Å². The average Bonchev–Trinajstić information content (AvgIpc) is 3.41. The van der Waals surface area contributed by atoms with Gasteiger partial charge in [0, 0.05) is 41.4 Å². The molecular formula is C53H66ClN11O12S2. The van der Waals surface area contributed by atoms with Crippen molar-refractivity contribution in [1.29, 1.82) is 0 Å². The third kappa shape index (κ3) is 20.1. The van der Waals surface area contributed by atoms with Crippen LogP contribution in [0.2, 0.25) is 5.02 Å². The Labute approximate surface area is 468 Å². The van der Waals surface area contributed by atoms with E-state index in [4.69, 9.17) is 34.5 Å². The number of nitrogens with one attached hydrogen (secondary N) is 7. The first kappa shape index (κ1) is 62.4. The molecule has 1 heterocycles. The molecule has 0 radical (unpaired) electrons. The Morgan fingerprint density at radius 1 is 0.646 bits per heavy atom. The van der Waals surface area contributed by atoms with E-state index in [2.05, 4.69) is 37.2 Å². The second-order valence-electron chi connectivity index (χ2n) is 18.8. The minimum atomic E-state index is -1.76. The van der Waals surface area contributed by atoms with Gasteiger partial charge in [0.2, 0.25) is 53.2 Å². The van der Waals surface area contributed by atoms with Crippen LogP contribution in [-0.4, -0.2) is 141 Å². The third-order valence-electron chi connectivity index (χ3n) is 12.5. The molecule has 424 valence electrons. The number of carbonyl (C=O) groups excluding carboxylic acids is 9. The maximum atomic E-state index is 14.7. The predicted molar refractivity (Wildman–Crippen MR) is 298 cm³/mol. The van der Waals surface area contributed by atoms with Crippen LogP contribution in [-0.2, 0) is 64.0 Å². The normalized spacial score (nSPS) is 21.1. The minimum absolute atomic E-state index is 0.0249. The van der Waals surface area contributed by atoms with Gasteiger partial charge in [-0.1, -0.05) is 81.7 Å². The van der Waals surface area contributed by atoms with Gasteiger partial charge in [-0.2, -0.15) is 0 Å². The fourth-order valence-corrected chi connectivity index (χ4v) is 10.5. The van der Waals surface area contributed by atoms with Crippen LogP contribution in [0.15, 0.2) is 97.1 Å². The molecule has 26 heteroatoms. The van der Waals surface area contributed by atoms with Crippen LogP contribution in [0.4, 0.5) is 0 Å². The molecule has 0 aromatic heterocycles. The summed E-state index contributed by atoms with van der Waals surface area (Å²) in [5, 5.41) is 49.7. The van der Waals surface area contributed by atoms with Crippen molar-refractivity contribution in [1.82, 2.24) is 37.2 Å². The van der Waals surface area contributed by atoms with E-state index in [0.717, 1.165) is 21.6 Å². The minimum Gasteiger partial charge on any atom is -0.508 e.